The number of esters is 1. The van der Waals surface area contributed by atoms with Gasteiger partial charge in [0.2, 0.25) is 5.89 Å². The number of hydrogen-bond donors (Lipinski definition) is 0. The van der Waals surface area contributed by atoms with Gasteiger partial charge in [0.25, 0.3) is 0 Å². The topological polar surface area (TPSA) is 95.9 Å². The van der Waals surface area contributed by atoms with E-state index in [0.717, 1.165) is 11.3 Å². The number of rotatable bonds is 5. The normalized spacial score (nSPS) is 10.7. The van der Waals surface area contributed by atoms with Gasteiger partial charge in [-0.25, -0.2) is 14.5 Å². The summed E-state index contributed by atoms with van der Waals surface area (Å²) in [6, 6.07) is 16.4. The molecule has 8 nitrogen and oxygen atoms in total. The zero-order valence-electron chi connectivity index (χ0n) is 14.4. The van der Waals surface area contributed by atoms with Crippen molar-refractivity contribution in [3.63, 3.8) is 0 Å². The monoisotopic (exact) mass is 361 g/mol. The number of tetrazole rings is 1. The Balaban J connectivity index is 1.43. The quantitative estimate of drug-likeness (QED) is 0.504. The first-order valence-corrected chi connectivity index (χ1v) is 8.23. The van der Waals surface area contributed by atoms with Gasteiger partial charge in [-0.05, 0) is 53.7 Å². The Kier molecular flexibility index (Phi) is 4.44. The second-order valence-corrected chi connectivity index (χ2v) is 5.77. The van der Waals surface area contributed by atoms with Crippen LogP contribution < -0.4 is 0 Å². The van der Waals surface area contributed by atoms with Crippen LogP contribution >= 0.6 is 0 Å². The summed E-state index contributed by atoms with van der Waals surface area (Å²) in [5.41, 5.74) is 2.64. The van der Waals surface area contributed by atoms with Crippen molar-refractivity contribution in [1.29, 1.82) is 0 Å². The van der Waals surface area contributed by atoms with E-state index in [1.807, 2.05) is 30.3 Å². The predicted octanol–water partition coefficient (Wildman–Crippen LogP) is 2.98. The lowest BCUT2D eigenvalue weighted by Crippen LogP contribution is -2.06. The number of ether oxygens (including phenoxy) is 1. The van der Waals surface area contributed by atoms with Gasteiger partial charge in [0, 0.05) is 5.56 Å². The molecular weight excluding hydrogens is 346 g/mol. The van der Waals surface area contributed by atoms with Crippen molar-refractivity contribution in [3.05, 3.63) is 77.9 Å². The number of aromatic nitrogens is 5. The smallest absolute Gasteiger partial charge is 0.338 e. The molecule has 0 bridgehead atoms. The third-order valence-corrected chi connectivity index (χ3v) is 3.97. The molecule has 27 heavy (non-hydrogen) atoms. The van der Waals surface area contributed by atoms with Crippen molar-refractivity contribution in [1.82, 2.24) is 25.2 Å². The molecule has 0 saturated carbocycles. The molecule has 0 unspecified atom stereocenters. The van der Waals surface area contributed by atoms with Crippen LogP contribution in [0.1, 0.15) is 21.8 Å². The molecule has 0 fully saturated rings. The molecule has 0 aliphatic heterocycles. The summed E-state index contributed by atoms with van der Waals surface area (Å²) in [6.45, 7) is 1.83. The van der Waals surface area contributed by atoms with E-state index < -0.39 is 5.97 Å². The van der Waals surface area contributed by atoms with Gasteiger partial charge in [-0.3, -0.25) is 0 Å². The minimum Gasteiger partial charge on any atom is -0.455 e. The van der Waals surface area contributed by atoms with E-state index in [1.54, 1.807) is 31.2 Å². The molecule has 4 aromatic rings. The van der Waals surface area contributed by atoms with Crippen molar-refractivity contribution in [2.45, 2.75) is 13.5 Å². The summed E-state index contributed by atoms with van der Waals surface area (Å²) in [6.07, 6.45) is 1.48. The van der Waals surface area contributed by atoms with Crippen molar-refractivity contribution in [2.24, 2.45) is 0 Å². The number of aryl methyl sites for hydroxylation is 1. The van der Waals surface area contributed by atoms with Crippen molar-refractivity contribution in [2.75, 3.05) is 0 Å². The summed E-state index contributed by atoms with van der Waals surface area (Å²) in [4.78, 5) is 16.7. The van der Waals surface area contributed by atoms with Crippen LogP contribution in [0.3, 0.4) is 0 Å². The van der Waals surface area contributed by atoms with E-state index in [1.165, 1.54) is 11.0 Å². The van der Waals surface area contributed by atoms with Gasteiger partial charge in [0.15, 0.2) is 0 Å². The maximum absolute atomic E-state index is 12.3. The Morgan fingerprint density at radius 2 is 1.89 bits per heavy atom. The molecule has 0 spiro atoms. The Labute approximate surface area is 154 Å². The zero-order chi connectivity index (χ0) is 18.6. The van der Waals surface area contributed by atoms with E-state index in [4.69, 9.17) is 9.15 Å². The molecule has 0 atom stereocenters. The summed E-state index contributed by atoms with van der Waals surface area (Å²) in [5.74, 6) is 0.683. The highest BCUT2D eigenvalue weighted by molar-refractivity contribution is 5.89. The molecule has 0 aliphatic carbocycles. The van der Waals surface area contributed by atoms with E-state index in [-0.39, 0.29) is 6.61 Å². The number of benzene rings is 2. The molecule has 0 N–H and O–H groups in total. The standard InChI is InChI=1S/C19H15N5O3/c1-13-17(21-18(27-13)14-5-3-2-4-6-14)11-26-19(25)15-7-9-16(10-8-15)24-12-20-22-23-24/h2-10,12H,11H2,1H3. The molecule has 4 rings (SSSR count). The van der Waals surface area contributed by atoms with Crippen LogP contribution in [0.5, 0.6) is 0 Å². The molecule has 0 aliphatic rings. The highest BCUT2D eigenvalue weighted by Gasteiger charge is 2.14. The lowest BCUT2D eigenvalue weighted by atomic mass is 10.2. The predicted molar refractivity (Wildman–Crippen MR) is 94.9 cm³/mol. The fraction of sp³-hybridized carbons (Fsp3) is 0.105. The van der Waals surface area contributed by atoms with Crippen LogP contribution in [-0.2, 0) is 11.3 Å². The Hall–Kier alpha value is -3.81. The molecule has 0 radical (unpaired) electrons. The molecule has 2 aromatic carbocycles. The van der Waals surface area contributed by atoms with Gasteiger partial charge in [-0.15, -0.1) is 5.10 Å². The van der Waals surface area contributed by atoms with Crippen molar-refractivity contribution in [3.8, 4) is 17.1 Å². The van der Waals surface area contributed by atoms with Crippen LogP contribution in [-0.4, -0.2) is 31.2 Å². The fourth-order valence-corrected chi connectivity index (χ4v) is 2.51. The van der Waals surface area contributed by atoms with Gasteiger partial charge in [0.05, 0.1) is 11.3 Å². The Bertz CT molecular complexity index is 1040. The first-order chi connectivity index (χ1) is 13.2. The van der Waals surface area contributed by atoms with Crippen LogP contribution in [0.25, 0.3) is 17.1 Å². The molecule has 134 valence electrons. The summed E-state index contributed by atoms with van der Waals surface area (Å²) in [5, 5.41) is 10.9. The number of oxazole rings is 1. The van der Waals surface area contributed by atoms with E-state index in [0.29, 0.717) is 22.9 Å². The average molecular weight is 361 g/mol. The van der Waals surface area contributed by atoms with Gasteiger partial charge in [-0.2, -0.15) is 0 Å². The lowest BCUT2D eigenvalue weighted by Gasteiger charge is -2.04. The minimum absolute atomic E-state index is 0.0374. The Morgan fingerprint density at radius 1 is 1.11 bits per heavy atom. The highest BCUT2D eigenvalue weighted by Crippen LogP contribution is 2.22. The highest BCUT2D eigenvalue weighted by atomic mass is 16.5. The van der Waals surface area contributed by atoms with Crippen LogP contribution in [0.15, 0.2) is 65.3 Å². The SMILES string of the molecule is Cc1oc(-c2ccccc2)nc1COC(=O)c1ccc(-n2cnnn2)cc1. The largest absolute Gasteiger partial charge is 0.455 e. The first-order valence-electron chi connectivity index (χ1n) is 8.23. The number of hydrogen-bond acceptors (Lipinski definition) is 7. The van der Waals surface area contributed by atoms with Crippen LogP contribution in [0.2, 0.25) is 0 Å². The second-order valence-electron chi connectivity index (χ2n) is 5.77. The van der Waals surface area contributed by atoms with Crippen molar-refractivity contribution < 1.29 is 13.9 Å². The zero-order valence-corrected chi connectivity index (χ0v) is 14.4. The van der Waals surface area contributed by atoms with Crippen molar-refractivity contribution >= 4 is 5.97 Å². The maximum Gasteiger partial charge on any atom is 0.338 e. The third-order valence-electron chi connectivity index (χ3n) is 3.97. The summed E-state index contributed by atoms with van der Waals surface area (Å²) in [7, 11) is 0. The summed E-state index contributed by atoms with van der Waals surface area (Å²) >= 11 is 0. The first kappa shape index (κ1) is 16.6. The molecule has 0 amide bonds. The summed E-state index contributed by atoms with van der Waals surface area (Å²) < 4.78 is 12.5. The minimum atomic E-state index is -0.443. The lowest BCUT2D eigenvalue weighted by molar-refractivity contribution is 0.0467. The molecule has 2 aromatic heterocycles. The molecule has 0 saturated heterocycles. The number of carbonyl (C=O) groups is 1. The van der Waals surface area contributed by atoms with E-state index in [2.05, 4.69) is 20.5 Å². The average Bonchev–Trinajstić information content (AvgIpc) is 3.37. The van der Waals surface area contributed by atoms with Gasteiger partial charge < -0.3 is 9.15 Å². The molecule has 2 heterocycles. The number of carbonyl (C=O) groups excluding carboxylic acids is 1. The van der Waals surface area contributed by atoms with Crippen LogP contribution in [0, 0.1) is 6.92 Å². The second kappa shape index (κ2) is 7.20. The maximum atomic E-state index is 12.3. The molecule has 8 heteroatoms. The number of nitrogens with zero attached hydrogens (tertiary/aromatic N) is 5. The van der Waals surface area contributed by atoms with Gasteiger partial charge in [-0.1, -0.05) is 18.2 Å². The van der Waals surface area contributed by atoms with Crippen LogP contribution in [0.4, 0.5) is 0 Å². The van der Waals surface area contributed by atoms with Gasteiger partial charge >= 0.3 is 5.97 Å². The fourth-order valence-electron chi connectivity index (χ4n) is 2.51. The third kappa shape index (κ3) is 3.59. The Morgan fingerprint density at radius 3 is 2.59 bits per heavy atom. The van der Waals surface area contributed by atoms with E-state index in [9.17, 15) is 4.79 Å². The molecular formula is C19H15N5O3. The van der Waals surface area contributed by atoms with E-state index >= 15 is 0 Å². The van der Waals surface area contributed by atoms with Gasteiger partial charge in [0.1, 0.15) is 24.4 Å².